The van der Waals surface area contributed by atoms with E-state index in [1.807, 2.05) is 39.8 Å². The van der Waals surface area contributed by atoms with Gasteiger partial charge in [0.1, 0.15) is 11.6 Å². The first-order valence-electron chi connectivity index (χ1n) is 10.9. The van der Waals surface area contributed by atoms with Gasteiger partial charge in [-0.25, -0.2) is 8.78 Å². The Morgan fingerprint density at radius 2 is 1.51 bits per heavy atom. The average molecular weight is 524 g/mol. The highest BCUT2D eigenvalue weighted by molar-refractivity contribution is 8.17. The van der Waals surface area contributed by atoms with Crippen LogP contribution in [0, 0.1) is 18.6 Å². The maximum absolute atomic E-state index is 15.0. The van der Waals surface area contributed by atoms with E-state index in [1.165, 1.54) is 23.9 Å². The number of aliphatic imine (C=N–C) groups is 1. The van der Waals surface area contributed by atoms with Crippen molar-refractivity contribution in [1.82, 2.24) is 0 Å². The van der Waals surface area contributed by atoms with Gasteiger partial charge in [0.15, 0.2) is 0 Å². The third-order valence-corrected chi connectivity index (χ3v) is 7.52. The van der Waals surface area contributed by atoms with E-state index in [4.69, 9.17) is 0 Å². The Bertz CT molecular complexity index is 1160. The molecule has 8 heteroatoms. The number of nitrogens with zero attached hydrogens (tertiary/aromatic N) is 1. The van der Waals surface area contributed by atoms with Crippen LogP contribution in [0.4, 0.5) is 27.6 Å². The molecule has 0 heterocycles. The van der Waals surface area contributed by atoms with Gasteiger partial charge in [0, 0.05) is 21.6 Å². The van der Waals surface area contributed by atoms with Crippen molar-refractivity contribution in [2.45, 2.75) is 54.5 Å². The van der Waals surface area contributed by atoms with Crippen LogP contribution < -0.4 is 0 Å². The van der Waals surface area contributed by atoms with Crippen LogP contribution in [0.15, 0.2) is 76.6 Å². The van der Waals surface area contributed by atoms with E-state index in [0.717, 1.165) is 22.6 Å². The molecule has 0 aliphatic rings. The summed E-state index contributed by atoms with van der Waals surface area (Å²) in [6, 6.07) is 15.9. The fraction of sp³-hybridized carbons (Fsp3) is 0.296. The van der Waals surface area contributed by atoms with E-state index in [9.17, 15) is 17.6 Å². The zero-order chi connectivity index (χ0) is 25.8. The maximum atomic E-state index is 15.0. The van der Waals surface area contributed by atoms with Crippen molar-refractivity contribution in [1.29, 1.82) is 0 Å². The van der Waals surface area contributed by atoms with Gasteiger partial charge < -0.3 is 0 Å². The summed E-state index contributed by atoms with van der Waals surface area (Å²) >= 11 is 3.12. The van der Waals surface area contributed by atoms with Crippen molar-refractivity contribution in [3.63, 3.8) is 0 Å². The van der Waals surface area contributed by atoms with Crippen molar-refractivity contribution in [2.75, 3.05) is 0 Å². The molecule has 3 aromatic carbocycles. The van der Waals surface area contributed by atoms with Crippen LogP contribution in [-0.4, -0.2) is 15.0 Å². The predicted octanol–water partition coefficient (Wildman–Crippen LogP) is 9.45. The number of benzene rings is 3. The highest BCUT2D eigenvalue weighted by Gasteiger charge is 2.32. The van der Waals surface area contributed by atoms with Crippen molar-refractivity contribution in [3.8, 4) is 0 Å². The van der Waals surface area contributed by atoms with E-state index in [0.29, 0.717) is 17.5 Å². The molecule has 0 radical (unpaired) electrons. The van der Waals surface area contributed by atoms with Crippen LogP contribution in [-0.2, 0) is 6.18 Å². The Morgan fingerprint density at radius 3 is 2.06 bits per heavy atom. The van der Waals surface area contributed by atoms with E-state index in [-0.39, 0.29) is 27.1 Å². The number of hydrogen-bond acceptors (Lipinski definition) is 3. The van der Waals surface area contributed by atoms with Gasteiger partial charge >= 0.3 is 6.18 Å². The van der Waals surface area contributed by atoms with Crippen LogP contribution in [0.1, 0.15) is 43.9 Å². The first-order chi connectivity index (χ1) is 16.3. The second-order valence-electron chi connectivity index (χ2n) is 9.02. The lowest BCUT2D eigenvalue weighted by Gasteiger charge is -2.26. The van der Waals surface area contributed by atoms with E-state index in [2.05, 4.69) is 4.99 Å². The zero-order valence-corrected chi connectivity index (χ0v) is 21.4. The predicted molar refractivity (Wildman–Crippen MR) is 137 cm³/mol. The van der Waals surface area contributed by atoms with Crippen molar-refractivity contribution in [3.05, 3.63) is 95.1 Å². The summed E-state index contributed by atoms with van der Waals surface area (Å²) in [5.74, 6) is -1.32. The molecular formula is C27H26F5NS2. The number of halogens is 5. The smallest absolute Gasteiger partial charge is 0.253 e. The van der Waals surface area contributed by atoms with Crippen LogP contribution in [0.5, 0.6) is 0 Å². The van der Waals surface area contributed by atoms with Gasteiger partial charge in [-0.3, -0.25) is 4.99 Å². The van der Waals surface area contributed by atoms with E-state index in [1.54, 1.807) is 36.0 Å². The second kappa shape index (κ2) is 11.2. The summed E-state index contributed by atoms with van der Waals surface area (Å²) in [5, 5.41) is 0. The molecule has 0 saturated heterocycles. The molecule has 1 unspecified atom stereocenters. The molecule has 0 fully saturated rings. The zero-order valence-electron chi connectivity index (χ0n) is 19.8. The standard InChI is InChI=1S/C27H26F5NS2/c1-17-5-10-20(11-6-17)33-24(22-14-7-18(15-23(22)29)27(30,31)32)16-25(35-26(2,3)4)34-21-12-8-19(28)9-13-21/h5-15,25H,16H2,1-4H3. The molecule has 0 aliphatic carbocycles. The first-order valence-corrected chi connectivity index (χ1v) is 12.7. The largest absolute Gasteiger partial charge is 0.416 e. The van der Waals surface area contributed by atoms with Gasteiger partial charge in [-0.2, -0.15) is 13.2 Å². The highest BCUT2D eigenvalue weighted by atomic mass is 32.2. The SMILES string of the molecule is Cc1ccc(N=C(CC(Sc2ccc(F)cc2)SC(C)(C)C)c2ccc(C(F)(F)F)cc2F)cc1. The number of thioether (sulfide) groups is 2. The fourth-order valence-electron chi connectivity index (χ4n) is 3.24. The normalized spacial score (nSPS) is 13.7. The summed E-state index contributed by atoms with van der Waals surface area (Å²) in [6.07, 6.45) is -4.36. The molecule has 0 saturated carbocycles. The Kier molecular flexibility index (Phi) is 8.70. The number of alkyl halides is 3. The molecule has 0 spiro atoms. The quantitative estimate of drug-likeness (QED) is 0.132. The average Bonchev–Trinajstić information content (AvgIpc) is 2.74. The molecule has 0 aromatic heterocycles. The van der Waals surface area contributed by atoms with E-state index < -0.39 is 17.6 Å². The summed E-state index contributed by atoms with van der Waals surface area (Å²) < 4.78 is 67.5. The third-order valence-electron chi connectivity index (χ3n) is 4.83. The minimum Gasteiger partial charge on any atom is -0.253 e. The molecule has 3 rings (SSSR count). The summed E-state index contributed by atoms with van der Waals surface area (Å²) in [7, 11) is 0. The lowest BCUT2D eigenvalue weighted by atomic mass is 10.0. The Balaban J connectivity index is 2.03. The topological polar surface area (TPSA) is 12.4 Å². The summed E-state index contributed by atoms with van der Waals surface area (Å²) in [5.41, 5.74) is 0.930. The lowest BCUT2D eigenvalue weighted by Crippen LogP contribution is -2.18. The van der Waals surface area contributed by atoms with Crippen LogP contribution >= 0.6 is 23.5 Å². The maximum Gasteiger partial charge on any atom is 0.416 e. The minimum absolute atomic E-state index is 0.0257. The Hall–Kier alpha value is -2.32. The Morgan fingerprint density at radius 1 is 0.886 bits per heavy atom. The van der Waals surface area contributed by atoms with E-state index >= 15 is 4.39 Å². The van der Waals surface area contributed by atoms with Gasteiger partial charge in [-0.05, 0) is 61.5 Å². The molecule has 0 aliphatic heterocycles. The second-order valence-corrected chi connectivity index (χ2v) is 12.6. The molecule has 3 aromatic rings. The molecule has 186 valence electrons. The number of rotatable bonds is 7. The van der Waals surface area contributed by atoms with Gasteiger partial charge in [-0.1, -0.05) is 38.5 Å². The third kappa shape index (κ3) is 8.39. The molecular weight excluding hydrogens is 497 g/mol. The fourth-order valence-corrected chi connectivity index (χ4v) is 6.50. The lowest BCUT2D eigenvalue weighted by molar-refractivity contribution is -0.137. The minimum atomic E-state index is -4.64. The van der Waals surface area contributed by atoms with Gasteiger partial charge in [0.05, 0.1) is 21.5 Å². The monoisotopic (exact) mass is 523 g/mol. The van der Waals surface area contributed by atoms with Crippen molar-refractivity contribution in [2.24, 2.45) is 4.99 Å². The molecule has 35 heavy (non-hydrogen) atoms. The summed E-state index contributed by atoms with van der Waals surface area (Å²) in [6.45, 7) is 8.07. The van der Waals surface area contributed by atoms with Gasteiger partial charge in [-0.15, -0.1) is 23.5 Å². The molecule has 0 amide bonds. The van der Waals surface area contributed by atoms with Gasteiger partial charge in [0.2, 0.25) is 0 Å². The van der Waals surface area contributed by atoms with Gasteiger partial charge in [0.25, 0.3) is 0 Å². The molecule has 1 atom stereocenters. The van der Waals surface area contributed by atoms with Crippen LogP contribution in [0.3, 0.4) is 0 Å². The molecule has 1 nitrogen and oxygen atoms in total. The van der Waals surface area contributed by atoms with Crippen LogP contribution in [0.2, 0.25) is 0 Å². The van der Waals surface area contributed by atoms with Crippen LogP contribution in [0.25, 0.3) is 0 Å². The molecule has 0 N–H and O–H groups in total. The number of hydrogen-bond donors (Lipinski definition) is 0. The highest BCUT2D eigenvalue weighted by Crippen LogP contribution is 2.41. The Labute approximate surface area is 211 Å². The number of aryl methyl sites for hydroxylation is 1. The molecule has 0 bridgehead atoms. The first kappa shape index (κ1) is 27.3. The van der Waals surface area contributed by atoms with Crippen molar-refractivity contribution < 1.29 is 22.0 Å². The van der Waals surface area contributed by atoms with Crippen molar-refractivity contribution >= 4 is 34.9 Å². The summed E-state index contributed by atoms with van der Waals surface area (Å²) in [4.78, 5) is 5.49.